The van der Waals surface area contributed by atoms with Gasteiger partial charge in [-0.15, -0.1) is 0 Å². The summed E-state index contributed by atoms with van der Waals surface area (Å²) in [6.07, 6.45) is 1.93. The van der Waals surface area contributed by atoms with Gasteiger partial charge in [-0.3, -0.25) is 4.79 Å². The fourth-order valence-corrected chi connectivity index (χ4v) is 2.40. The molecule has 1 atom stereocenters. The molecule has 1 aromatic rings. The van der Waals surface area contributed by atoms with Gasteiger partial charge >= 0.3 is 0 Å². The lowest BCUT2D eigenvalue weighted by Gasteiger charge is -2.00. The van der Waals surface area contributed by atoms with E-state index in [2.05, 4.69) is 0 Å². The van der Waals surface area contributed by atoms with Gasteiger partial charge in [-0.2, -0.15) is 0 Å². The Morgan fingerprint density at radius 2 is 2.00 bits per heavy atom. The fraction of sp³-hybridized carbons (Fsp3) is 0.222. The molecule has 0 bridgehead atoms. The topological polar surface area (TPSA) is 17.1 Å². The number of carbonyl (C=O) groups excluding carboxylic acids is 1. The van der Waals surface area contributed by atoms with Crippen LogP contribution in [0.4, 0.5) is 0 Å². The summed E-state index contributed by atoms with van der Waals surface area (Å²) < 4.78 is 0. The lowest BCUT2D eigenvalue weighted by Crippen LogP contribution is -1.92. The number of benzene rings is 1. The maximum absolute atomic E-state index is 10.2. The van der Waals surface area contributed by atoms with Gasteiger partial charge in [0.25, 0.3) is 0 Å². The van der Waals surface area contributed by atoms with Gasteiger partial charge in [0.15, 0.2) is 0 Å². The van der Waals surface area contributed by atoms with Crippen molar-refractivity contribution < 1.29 is 4.79 Å². The summed E-state index contributed by atoms with van der Waals surface area (Å²) in [6.45, 7) is 1.84. The molecule has 0 fully saturated rings. The van der Waals surface area contributed by atoms with Crippen molar-refractivity contribution in [3.8, 4) is 0 Å². The third kappa shape index (κ3) is 3.32. The largest absolute Gasteiger partial charge is 0.290 e. The summed E-state index contributed by atoms with van der Waals surface area (Å²) in [5, 5.41) is -0.0600. The van der Waals surface area contributed by atoms with E-state index in [9.17, 15) is 4.79 Å². The van der Waals surface area contributed by atoms with Crippen LogP contribution >= 0.6 is 21.6 Å². The zero-order valence-corrected chi connectivity index (χ0v) is 8.32. The Bertz CT molecular complexity index is 236. The van der Waals surface area contributed by atoms with Crippen LogP contribution in [0, 0.1) is 0 Å². The predicted molar refractivity (Wildman–Crippen MR) is 55.0 cm³/mol. The second-order valence-corrected chi connectivity index (χ2v) is 4.87. The molecule has 12 heavy (non-hydrogen) atoms. The monoisotopic (exact) mass is 197 g/mol. The summed E-state index contributed by atoms with van der Waals surface area (Å²) in [6, 6.07) is 9.99. The van der Waals surface area contributed by atoms with Gasteiger partial charge in [0.2, 0.25) is 6.29 Å². The molecule has 0 aliphatic carbocycles. The fourth-order valence-electron chi connectivity index (χ4n) is 0.623. The van der Waals surface area contributed by atoms with Crippen LogP contribution in [0.1, 0.15) is 6.92 Å². The van der Waals surface area contributed by atoms with Gasteiger partial charge in [0.05, 0.1) is 5.25 Å². The Balaban J connectivity index is 2.38. The first-order valence-corrected chi connectivity index (χ1v) is 5.80. The number of hydrogen-bond donors (Lipinski definition) is 0. The predicted octanol–water partition coefficient (Wildman–Crippen LogP) is 2.93. The minimum atomic E-state index is -0.0600. The van der Waals surface area contributed by atoms with Crippen molar-refractivity contribution >= 4 is 27.9 Å². The first kappa shape index (κ1) is 9.68. The summed E-state index contributed by atoms with van der Waals surface area (Å²) >= 11 is 0. The van der Waals surface area contributed by atoms with Crippen LogP contribution in [0.5, 0.6) is 0 Å². The quantitative estimate of drug-likeness (QED) is 0.691. The summed E-state index contributed by atoms with van der Waals surface area (Å²) in [4.78, 5) is 11.3. The van der Waals surface area contributed by atoms with Crippen molar-refractivity contribution in [3.63, 3.8) is 0 Å². The number of hydrogen-bond acceptors (Lipinski definition) is 3. The smallest absolute Gasteiger partial charge is 0.213 e. The zero-order valence-electron chi connectivity index (χ0n) is 6.69. The lowest BCUT2D eigenvalue weighted by atomic mass is 10.4. The molecular weight excluding hydrogens is 188 g/mol. The van der Waals surface area contributed by atoms with Gasteiger partial charge in [-0.1, -0.05) is 39.8 Å². The van der Waals surface area contributed by atoms with Gasteiger partial charge in [0, 0.05) is 4.90 Å². The highest BCUT2D eigenvalue weighted by Crippen LogP contribution is 2.33. The Kier molecular flexibility index (Phi) is 4.25. The van der Waals surface area contributed by atoms with Crippen LogP contribution in [0.3, 0.4) is 0 Å². The SMILES string of the molecule is CC([C]=O)SSc1ccccc1. The molecule has 0 N–H and O–H groups in total. The number of rotatable bonds is 4. The van der Waals surface area contributed by atoms with E-state index in [0.717, 1.165) is 0 Å². The molecule has 0 saturated heterocycles. The molecule has 0 aliphatic rings. The molecule has 0 aromatic heterocycles. The maximum atomic E-state index is 10.2. The zero-order chi connectivity index (χ0) is 8.81. The molecule has 1 aromatic carbocycles. The summed E-state index contributed by atoms with van der Waals surface area (Å²) in [5.41, 5.74) is 0. The first-order chi connectivity index (χ1) is 5.83. The molecule has 0 amide bonds. The average Bonchev–Trinajstić information content (AvgIpc) is 2.16. The molecular formula is C9H9OS2. The minimum absolute atomic E-state index is 0.0600. The van der Waals surface area contributed by atoms with Gasteiger partial charge < -0.3 is 0 Å². The Hall–Kier alpha value is -0.410. The molecule has 1 nitrogen and oxygen atoms in total. The van der Waals surface area contributed by atoms with E-state index in [1.807, 2.05) is 43.5 Å². The molecule has 1 rings (SSSR count). The van der Waals surface area contributed by atoms with Crippen LogP contribution < -0.4 is 0 Å². The minimum Gasteiger partial charge on any atom is -0.290 e. The van der Waals surface area contributed by atoms with E-state index >= 15 is 0 Å². The summed E-state index contributed by atoms with van der Waals surface area (Å²) in [7, 11) is 3.13. The lowest BCUT2D eigenvalue weighted by molar-refractivity contribution is 0.555. The van der Waals surface area contributed by atoms with Gasteiger partial charge in [0.1, 0.15) is 0 Å². The Morgan fingerprint density at radius 3 is 2.58 bits per heavy atom. The van der Waals surface area contributed by atoms with Crippen molar-refractivity contribution in [2.45, 2.75) is 17.1 Å². The average molecular weight is 197 g/mol. The molecule has 3 heteroatoms. The standard InChI is InChI=1S/C9H9OS2/c1-8(7-10)11-12-9-5-3-2-4-6-9/h2-6,8H,1H3. The highest BCUT2D eigenvalue weighted by Gasteiger charge is 2.01. The van der Waals surface area contributed by atoms with Crippen LogP contribution in [0.2, 0.25) is 0 Å². The Morgan fingerprint density at radius 1 is 1.33 bits per heavy atom. The van der Waals surface area contributed by atoms with Crippen molar-refractivity contribution in [2.24, 2.45) is 0 Å². The van der Waals surface area contributed by atoms with E-state index in [1.54, 1.807) is 10.8 Å². The third-order valence-corrected chi connectivity index (χ3v) is 3.88. The molecule has 0 saturated carbocycles. The van der Waals surface area contributed by atoms with Gasteiger partial charge in [-0.05, 0) is 19.1 Å². The third-order valence-electron chi connectivity index (χ3n) is 1.20. The van der Waals surface area contributed by atoms with E-state index in [1.165, 1.54) is 15.7 Å². The van der Waals surface area contributed by atoms with E-state index in [0.29, 0.717) is 0 Å². The van der Waals surface area contributed by atoms with E-state index in [4.69, 9.17) is 0 Å². The second-order valence-electron chi connectivity index (χ2n) is 2.25. The van der Waals surface area contributed by atoms with Crippen LogP contribution in [0.15, 0.2) is 35.2 Å². The van der Waals surface area contributed by atoms with Crippen LogP contribution in [-0.4, -0.2) is 11.5 Å². The van der Waals surface area contributed by atoms with Crippen molar-refractivity contribution in [3.05, 3.63) is 30.3 Å². The molecule has 0 aliphatic heterocycles. The molecule has 0 spiro atoms. The van der Waals surface area contributed by atoms with Crippen LogP contribution in [-0.2, 0) is 4.79 Å². The van der Waals surface area contributed by atoms with E-state index < -0.39 is 0 Å². The Labute approximate surface area is 80.3 Å². The highest BCUT2D eigenvalue weighted by atomic mass is 33.1. The molecule has 1 unspecified atom stereocenters. The normalized spacial score (nSPS) is 12.4. The van der Waals surface area contributed by atoms with E-state index in [-0.39, 0.29) is 5.25 Å². The second kappa shape index (κ2) is 5.27. The molecule has 0 heterocycles. The highest BCUT2D eigenvalue weighted by molar-refractivity contribution is 8.77. The van der Waals surface area contributed by atoms with Gasteiger partial charge in [-0.25, -0.2) is 0 Å². The van der Waals surface area contributed by atoms with Crippen molar-refractivity contribution in [1.82, 2.24) is 0 Å². The van der Waals surface area contributed by atoms with Crippen molar-refractivity contribution in [1.29, 1.82) is 0 Å². The first-order valence-electron chi connectivity index (χ1n) is 3.59. The van der Waals surface area contributed by atoms with Crippen molar-refractivity contribution in [2.75, 3.05) is 0 Å². The molecule has 63 valence electrons. The van der Waals surface area contributed by atoms with Crippen LogP contribution in [0.25, 0.3) is 0 Å². The summed E-state index contributed by atoms with van der Waals surface area (Å²) in [5.74, 6) is 0. The molecule has 1 radical (unpaired) electrons. The maximum Gasteiger partial charge on any atom is 0.213 e.